The fourth-order valence-electron chi connectivity index (χ4n) is 2.35. The lowest BCUT2D eigenvalue weighted by Gasteiger charge is -2.06. The van der Waals surface area contributed by atoms with E-state index in [2.05, 4.69) is 10.6 Å². The van der Waals surface area contributed by atoms with Gasteiger partial charge in [0.1, 0.15) is 11.6 Å². The zero-order valence-corrected chi connectivity index (χ0v) is 13.7. The Morgan fingerprint density at radius 1 is 0.962 bits per heavy atom. The predicted octanol–water partition coefficient (Wildman–Crippen LogP) is 3.51. The molecule has 1 heterocycles. The minimum atomic E-state index is -0.638. The molecule has 0 aliphatic heterocycles. The van der Waals surface area contributed by atoms with Gasteiger partial charge in [-0.2, -0.15) is 0 Å². The molecule has 0 spiro atoms. The highest BCUT2D eigenvalue weighted by Crippen LogP contribution is 2.22. The van der Waals surface area contributed by atoms with Crippen molar-refractivity contribution >= 4 is 17.6 Å². The van der Waals surface area contributed by atoms with Gasteiger partial charge in [-0.05, 0) is 54.1 Å². The maximum Gasteiger partial charge on any atom is 0.316 e. The summed E-state index contributed by atoms with van der Waals surface area (Å²) in [7, 11) is 0. The van der Waals surface area contributed by atoms with E-state index >= 15 is 0 Å². The number of nitrogens with one attached hydrogen (secondary N) is 2. The Balaban J connectivity index is 1.60. The molecule has 0 aliphatic carbocycles. The van der Waals surface area contributed by atoms with E-state index in [1.807, 2.05) is 0 Å². The standard InChI is InChI=1S/C19H16FN3O3/c20-14-5-3-13(4-6-14)16-9-10-17(26-16)18(24)22-11-12-1-7-15(8-2-12)23-19(21)25/h1-10H,11H2,(H,22,24)(H3,21,23,25). The van der Waals surface area contributed by atoms with Crippen molar-refractivity contribution in [3.8, 4) is 11.3 Å². The van der Waals surface area contributed by atoms with Crippen molar-refractivity contribution in [3.63, 3.8) is 0 Å². The number of carbonyl (C=O) groups is 2. The molecule has 0 saturated carbocycles. The van der Waals surface area contributed by atoms with Crippen LogP contribution in [0.1, 0.15) is 16.1 Å². The van der Waals surface area contributed by atoms with Crippen molar-refractivity contribution in [2.75, 3.05) is 5.32 Å². The SMILES string of the molecule is NC(=O)Nc1ccc(CNC(=O)c2ccc(-c3ccc(F)cc3)o2)cc1. The van der Waals surface area contributed by atoms with Crippen molar-refractivity contribution < 1.29 is 18.4 Å². The fraction of sp³-hybridized carbons (Fsp3) is 0.0526. The summed E-state index contributed by atoms with van der Waals surface area (Å²) < 4.78 is 18.5. The van der Waals surface area contributed by atoms with E-state index in [-0.39, 0.29) is 17.5 Å². The number of carbonyl (C=O) groups excluding carboxylic acids is 2. The summed E-state index contributed by atoms with van der Waals surface area (Å²) in [5.74, 6) is -0.0543. The van der Waals surface area contributed by atoms with Crippen LogP contribution in [0.5, 0.6) is 0 Å². The summed E-state index contributed by atoms with van der Waals surface area (Å²) in [6.45, 7) is 0.294. The van der Waals surface area contributed by atoms with Crippen molar-refractivity contribution in [2.24, 2.45) is 5.73 Å². The van der Waals surface area contributed by atoms with E-state index in [9.17, 15) is 14.0 Å². The van der Waals surface area contributed by atoms with E-state index in [0.29, 0.717) is 23.6 Å². The highest BCUT2D eigenvalue weighted by molar-refractivity contribution is 5.92. The third kappa shape index (κ3) is 4.27. The Kier molecular flexibility index (Phi) is 4.98. The van der Waals surface area contributed by atoms with Crippen LogP contribution < -0.4 is 16.4 Å². The molecule has 0 saturated heterocycles. The van der Waals surface area contributed by atoms with E-state index in [1.54, 1.807) is 48.5 Å². The first kappa shape index (κ1) is 17.2. The lowest BCUT2D eigenvalue weighted by Crippen LogP contribution is -2.22. The first-order valence-electron chi connectivity index (χ1n) is 7.80. The van der Waals surface area contributed by atoms with Crippen LogP contribution in [0.25, 0.3) is 11.3 Å². The van der Waals surface area contributed by atoms with Crippen molar-refractivity contribution in [1.82, 2.24) is 5.32 Å². The summed E-state index contributed by atoms with van der Waals surface area (Å²) in [4.78, 5) is 23.0. The number of rotatable bonds is 5. The highest BCUT2D eigenvalue weighted by Gasteiger charge is 2.12. The molecule has 0 aliphatic rings. The van der Waals surface area contributed by atoms with Crippen LogP contribution >= 0.6 is 0 Å². The van der Waals surface area contributed by atoms with Crippen molar-refractivity contribution in [3.05, 3.63) is 77.8 Å². The summed E-state index contributed by atoms with van der Waals surface area (Å²) in [6.07, 6.45) is 0. The second kappa shape index (κ2) is 7.52. The van der Waals surface area contributed by atoms with Crippen molar-refractivity contribution in [1.29, 1.82) is 0 Å². The summed E-state index contributed by atoms with van der Waals surface area (Å²) in [6, 6.07) is 15.3. The number of hydrogen-bond donors (Lipinski definition) is 3. The van der Waals surface area contributed by atoms with Gasteiger partial charge in [-0.15, -0.1) is 0 Å². The quantitative estimate of drug-likeness (QED) is 0.655. The number of urea groups is 1. The van der Waals surface area contributed by atoms with Crippen LogP contribution in [0.4, 0.5) is 14.9 Å². The minimum absolute atomic E-state index is 0.163. The molecule has 0 bridgehead atoms. The first-order valence-corrected chi connectivity index (χ1v) is 7.80. The second-order valence-electron chi connectivity index (χ2n) is 5.54. The minimum Gasteiger partial charge on any atom is -0.451 e. The summed E-state index contributed by atoms with van der Waals surface area (Å²) in [5.41, 5.74) is 7.14. The Bertz CT molecular complexity index is 918. The third-order valence-corrected chi connectivity index (χ3v) is 3.63. The van der Waals surface area contributed by atoms with Gasteiger partial charge in [0.15, 0.2) is 5.76 Å². The topological polar surface area (TPSA) is 97.4 Å². The molecular formula is C19H16FN3O3. The largest absolute Gasteiger partial charge is 0.451 e. The summed E-state index contributed by atoms with van der Waals surface area (Å²) in [5, 5.41) is 5.20. The Morgan fingerprint density at radius 3 is 2.31 bits per heavy atom. The number of halogens is 1. The number of hydrogen-bond acceptors (Lipinski definition) is 3. The van der Waals surface area contributed by atoms with Crippen LogP contribution in [-0.2, 0) is 6.54 Å². The van der Waals surface area contributed by atoms with Gasteiger partial charge >= 0.3 is 6.03 Å². The average molecular weight is 353 g/mol. The Labute approximate surface area is 148 Å². The third-order valence-electron chi connectivity index (χ3n) is 3.63. The van der Waals surface area contributed by atoms with Crippen molar-refractivity contribution in [2.45, 2.75) is 6.54 Å². The monoisotopic (exact) mass is 353 g/mol. The summed E-state index contributed by atoms with van der Waals surface area (Å²) >= 11 is 0. The second-order valence-corrected chi connectivity index (χ2v) is 5.54. The number of benzene rings is 2. The van der Waals surface area contributed by atoms with Gasteiger partial charge < -0.3 is 20.8 Å². The van der Waals surface area contributed by atoms with Gasteiger partial charge in [0, 0.05) is 17.8 Å². The number of primary amides is 1. The van der Waals surface area contributed by atoms with Crippen LogP contribution in [-0.4, -0.2) is 11.9 Å². The number of furan rings is 1. The van der Waals surface area contributed by atoms with Crippen LogP contribution in [0.3, 0.4) is 0 Å². The zero-order chi connectivity index (χ0) is 18.5. The van der Waals surface area contributed by atoms with Gasteiger partial charge in [0.05, 0.1) is 0 Å². The number of amides is 3. The van der Waals surface area contributed by atoms with E-state index in [0.717, 1.165) is 5.56 Å². The Morgan fingerprint density at radius 2 is 1.65 bits per heavy atom. The molecule has 6 nitrogen and oxygen atoms in total. The lowest BCUT2D eigenvalue weighted by molar-refractivity contribution is 0.0924. The lowest BCUT2D eigenvalue weighted by atomic mass is 10.2. The number of nitrogens with two attached hydrogens (primary N) is 1. The smallest absolute Gasteiger partial charge is 0.316 e. The van der Waals surface area contributed by atoms with Gasteiger partial charge in [0.2, 0.25) is 0 Å². The van der Waals surface area contributed by atoms with Crippen LogP contribution in [0.15, 0.2) is 65.1 Å². The predicted molar refractivity (Wildman–Crippen MR) is 94.9 cm³/mol. The zero-order valence-electron chi connectivity index (χ0n) is 13.7. The average Bonchev–Trinajstić information content (AvgIpc) is 3.11. The van der Waals surface area contributed by atoms with E-state index < -0.39 is 6.03 Å². The Hall–Kier alpha value is -3.61. The molecule has 0 atom stereocenters. The molecule has 3 aromatic rings. The maximum atomic E-state index is 13.0. The van der Waals surface area contributed by atoms with E-state index in [4.69, 9.17) is 10.2 Å². The van der Waals surface area contributed by atoms with E-state index in [1.165, 1.54) is 12.1 Å². The van der Waals surface area contributed by atoms with Gasteiger partial charge in [-0.25, -0.2) is 9.18 Å². The molecule has 0 unspecified atom stereocenters. The molecule has 0 radical (unpaired) electrons. The molecule has 4 N–H and O–H groups in total. The van der Waals surface area contributed by atoms with Crippen LogP contribution in [0, 0.1) is 5.82 Å². The molecule has 7 heteroatoms. The molecule has 3 rings (SSSR count). The normalized spacial score (nSPS) is 10.3. The first-order chi connectivity index (χ1) is 12.5. The van der Waals surface area contributed by atoms with Gasteiger partial charge in [-0.3, -0.25) is 4.79 Å². The molecule has 26 heavy (non-hydrogen) atoms. The highest BCUT2D eigenvalue weighted by atomic mass is 19.1. The number of anilines is 1. The molecule has 0 fully saturated rings. The van der Waals surface area contributed by atoms with Gasteiger partial charge in [0.25, 0.3) is 5.91 Å². The molecule has 1 aromatic heterocycles. The molecule has 2 aromatic carbocycles. The molecule has 132 valence electrons. The molecule has 3 amide bonds. The van der Waals surface area contributed by atoms with Gasteiger partial charge in [-0.1, -0.05) is 12.1 Å². The maximum absolute atomic E-state index is 13.0. The fourth-order valence-corrected chi connectivity index (χ4v) is 2.35. The van der Waals surface area contributed by atoms with Crippen LogP contribution in [0.2, 0.25) is 0 Å². The molecular weight excluding hydrogens is 337 g/mol.